The molecule has 0 aliphatic rings. The fourth-order valence-electron chi connectivity index (χ4n) is 2.39. The van der Waals surface area contributed by atoms with Crippen molar-refractivity contribution in [1.82, 2.24) is 15.2 Å². The van der Waals surface area contributed by atoms with Crippen LogP contribution in [-0.4, -0.2) is 41.0 Å². The fraction of sp³-hybridized carbons (Fsp3) is 0.150. The third-order valence-electron chi connectivity index (χ3n) is 3.84. The van der Waals surface area contributed by atoms with Crippen LogP contribution in [0, 0.1) is 6.92 Å². The van der Waals surface area contributed by atoms with Gasteiger partial charge in [0.2, 0.25) is 5.95 Å². The summed E-state index contributed by atoms with van der Waals surface area (Å²) in [6.45, 7) is 1.81. The maximum Gasteiger partial charge on any atom is 0.271 e. The second-order valence-electron chi connectivity index (χ2n) is 6.17. The van der Waals surface area contributed by atoms with Gasteiger partial charge in [-0.2, -0.15) is 5.10 Å². The van der Waals surface area contributed by atoms with E-state index in [1.807, 2.05) is 31.2 Å². The van der Waals surface area contributed by atoms with Crippen molar-refractivity contribution in [2.45, 2.75) is 6.92 Å². The molecule has 1 amide bonds. The molecule has 0 radical (unpaired) electrons. The summed E-state index contributed by atoms with van der Waals surface area (Å²) in [7, 11) is 1.50. The molecule has 30 heavy (non-hydrogen) atoms. The highest BCUT2D eigenvalue weighted by Gasteiger charge is 2.09. The third-order valence-corrected chi connectivity index (χ3v) is 3.84. The van der Waals surface area contributed by atoms with Gasteiger partial charge in [-0.15, -0.1) is 10.2 Å². The quantitative estimate of drug-likeness (QED) is 0.383. The van der Waals surface area contributed by atoms with Crippen LogP contribution in [0.3, 0.4) is 0 Å². The van der Waals surface area contributed by atoms with E-state index in [1.165, 1.54) is 13.3 Å². The molecule has 0 saturated carbocycles. The number of methoxy groups -OCH3 is 1. The van der Waals surface area contributed by atoms with Crippen molar-refractivity contribution in [3.05, 3.63) is 70.1 Å². The molecular weight excluding hydrogens is 388 g/mol. The molecule has 0 aliphatic carbocycles. The van der Waals surface area contributed by atoms with Crippen molar-refractivity contribution < 1.29 is 14.3 Å². The number of carbonyl (C=O) groups is 1. The molecule has 0 spiro atoms. The van der Waals surface area contributed by atoms with E-state index in [-0.39, 0.29) is 18.5 Å². The minimum atomic E-state index is -0.391. The van der Waals surface area contributed by atoms with E-state index in [9.17, 15) is 9.59 Å². The summed E-state index contributed by atoms with van der Waals surface area (Å²) in [5, 5.41) is 13.9. The lowest BCUT2D eigenvalue weighted by atomic mass is 10.2. The van der Waals surface area contributed by atoms with Crippen molar-refractivity contribution in [2.24, 2.45) is 5.10 Å². The first-order valence-electron chi connectivity index (χ1n) is 8.92. The smallest absolute Gasteiger partial charge is 0.271 e. The number of H-pyrrole nitrogens is 1. The van der Waals surface area contributed by atoms with Gasteiger partial charge in [-0.25, -0.2) is 5.43 Å². The number of hydrogen-bond donors (Lipinski definition) is 3. The van der Waals surface area contributed by atoms with Crippen LogP contribution in [0.15, 0.2) is 58.6 Å². The molecule has 0 fully saturated rings. The van der Waals surface area contributed by atoms with Gasteiger partial charge < -0.3 is 14.8 Å². The Morgan fingerprint density at radius 1 is 1.20 bits per heavy atom. The molecule has 1 heterocycles. The van der Waals surface area contributed by atoms with Crippen molar-refractivity contribution in [2.75, 3.05) is 24.5 Å². The predicted octanol–water partition coefficient (Wildman–Crippen LogP) is 1.95. The van der Waals surface area contributed by atoms with E-state index in [2.05, 4.69) is 31.0 Å². The average molecular weight is 408 g/mol. The Morgan fingerprint density at radius 3 is 2.73 bits per heavy atom. The van der Waals surface area contributed by atoms with Gasteiger partial charge in [-0.05, 0) is 42.8 Å². The number of aromatic nitrogens is 3. The Balaban J connectivity index is 1.58. The van der Waals surface area contributed by atoms with Gasteiger partial charge >= 0.3 is 0 Å². The highest BCUT2D eigenvalue weighted by atomic mass is 16.5. The molecule has 10 heteroatoms. The van der Waals surface area contributed by atoms with Gasteiger partial charge in [-0.1, -0.05) is 17.7 Å². The summed E-state index contributed by atoms with van der Waals surface area (Å²) < 4.78 is 10.9. The topological polar surface area (TPSA) is 131 Å². The first-order chi connectivity index (χ1) is 14.5. The number of aromatic amines is 1. The second kappa shape index (κ2) is 9.82. The maximum atomic E-state index is 12.1. The Labute approximate surface area is 172 Å². The third kappa shape index (κ3) is 5.89. The first kappa shape index (κ1) is 20.5. The second-order valence-corrected chi connectivity index (χ2v) is 6.17. The lowest BCUT2D eigenvalue weighted by molar-refractivity contribution is -0.118. The van der Waals surface area contributed by atoms with Crippen LogP contribution in [0.4, 0.5) is 11.6 Å². The molecule has 10 nitrogen and oxygen atoms in total. The van der Waals surface area contributed by atoms with Crippen LogP contribution in [0.5, 0.6) is 11.5 Å². The predicted molar refractivity (Wildman–Crippen MR) is 112 cm³/mol. The number of carbonyl (C=O) groups excluding carboxylic acids is 1. The minimum Gasteiger partial charge on any atom is -0.493 e. The zero-order valence-electron chi connectivity index (χ0n) is 16.4. The first-order valence-corrected chi connectivity index (χ1v) is 8.92. The van der Waals surface area contributed by atoms with E-state index >= 15 is 0 Å². The van der Waals surface area contributed by atoms with Gasteiger partial charge in [0.05, 0.1) is 13.3 Å². The van der Waals surface area contributed by atoms with Crippen LogP contribution in [0.25, 0.3) is 0 Å². The number of nitrogens with zero attached hydrogens (tertiary/aromatic N) is 3. The van der Waals surface area contributed by atoms with Crippen LogP contribution >= 0.6 is 0 Å². The Bertz CT molecular complexity index is 1090. The molecule has 0 saturated heterocycles. The number of hydrogen-bond acceptors (Lipinski definition) is 8. The lowest BCUT2D eigenvalue weighted by Gasteiger charge is -2.11. The molecule has 1 aromatic heterocycles. The molecule has 3 rings (SSSR count). The Morgan fingerprint density at radius 2 is 2.00 bits per heavy atom. The monoisotopic (exact) mass is 408 g/mol. The summed E-state index contributed by atoms with van der Waals surface area (Å²) in [4.78, 5) is 25.7. The van der Waals surface area contributed by atoms with E-state index in [4.69, 9.17) is 9.47 Å². The van der Waals surface area contributed by atoms with Gasteiger partial charge in [0.1, 0.15) is 6.20 Å². The normalized spacial score (nSPS) is 10.6. The van der Waals surface area contributed by atoms with Gasteiger partial charge in [0.15, 0.2) is 18.1 Å². The Hall–Kier alpha value is -4.21. The number of benzene rings is 2. The van der Waals surface area contributed by atoms with E-state index in [0.717, 1.165) is 11.8 Å². The molecule has 0 atom stereocenters. The zero-order valence-corrected chi connectivity index (χ0v) is 16.4. The average Bonchev–Trinajstić information content (AvgIpc) is 2.74. The van der Waals surface area contributed by atoms with Gasteiger partial charge in [0.25, 0.3) is 11.5 Å². The summed E-state index contributed by atoms with van der Waals surface area (Å²) in [5.74, 6) is 0.689. The van der Waals surface area contributed by atoms with Crippen LogP contribution < -0.4 is 25.8 Å². The number of amides is 1. The largest absolute Gasteiger partial charge is 0.493 e. The Kier molecular flexibility index (Phi) is 6.72. The number of anilines is 2. The molecule has 0 unspecified atom stereocenters. The van der Waals surface area contributed by atoms with Crippen LogP contribution in [0.1, 0.15) is 11.1 Å². The van der Waals surface area contributed by atoms with E-state index in [0.29, 0.717) is 22.7 Å². The van der Waals surface area contributed by atoms with Gasteiger partial charge in [0, 0.05) is 5.69 Å². The fourth-order valence-corrected chi connectivity index (χ4v) is 2.39. The van der Waals surface area contributed by atoms with E-state index < -0.39 is 5.56 Å². The summed E-state index contributed by atoms with van der Waals surface area (Å²) >= 11 is 0. The number of ether oxygens (including phenoxy) is 2. The van der Waals surface area contributed by atoms with E-state index in [1.54, 1.807) is 18.2 Å². The van der Waals surface area contributed by atoms with Crippen LogP contribution in [-0.2, 0) is 4.79 Å². The molecule has 0 bridgehead atoms. The molecule has 3 N–H and O–H groups in total. The number of hydrazone groups is 1. The molecule has 3 aromatic rings. The van der Waals surface area contributed by atoms with Gasteiger partial charge in [-0.3, -0.25) is 14.6 Å². The maximum absolute atomic E-state index is 12.1. The number of aryl methyl sites for hydroxylation is 1. The zero-order chi connectivity index (χ0) is 21.3. The minimum absolute atomic E-state index is 0.116. The van der Waals surface area contributed by atoms with Crippen molar-refractivity contribution in [3.8, 4) is 11.5 Å². The number of nitrogens with one attached hydrogen (secondary N) is 3. The summed E-state index contributed by atoms with van der Waals surface area (Å²) in [6, 6.07) is 12.6. The SMILES string of the molecule is COc1cc(/C=N/Nc2nncc(=O)[nH]2)ccc1OCC(=O)Nc1ccc(C)cc1. The lowest BCUT2D eigenvalue weighted by Crippen LogP contribution is -2.20. The van der Waals surface area contributed by atoms with Crippen molar-refractivity contribution >= 4 is 23.8 Å². The van der Waals surface area contributed by atoms with Crippen molar-refractivity contribution in [1.29, 1.82) is 0 Å². The standard InChI is InChI=1S/C20H20N6O4/c1-13-3-6-15(7-4-13)23-19(28)12-30-16-8-5-14(9-17(16)29-2)10-21-25-20-24-18(27)11-22-26-20/h3-11H,12H2,1-2H3,(H,23,28)(H2,24,25,26,27)/b21-10+. The van der Waals surface area contributed by atoms with Crippen molar-refractivity contribution in [3.63, 3.8) is 0 Å². The molecule has 2 aromatic carbocycles. The summed E-state index contributed by atoms with van der Waals surface area (Å²) in [6.07, 6.45) is 2.56. The molecule has 0 aliphatic heterocycles. The molecular formula is C20H20N6O4. The summed E-state index contributed by atoms with van der Waals surface area (Å²) in [5.41, 5.74) is 4.68. The highest BCUT2D eigenvalue weighted by Crippen LogP contribution is 2.27. The van der Waals surface area contributed by atoms with Crippen LogP contribution in [0.2, 0.25) is 0 Å². The highest BCUT2D eigenvalue weighted by molar-refractivity contribution is 5.92. The molecule has 154 valence electrons. The number of rotatable bonds is 8.